The van der Waals surface area contributed by atoms with Crippen LogP contribution in [-0.4, -0.2) is 43.8 Å². The van der Waals surface area contributed by atoms with Crippen LogP contribution >= 0.6 is 0 Å². The molecule has 0 saturated heterocycles. The van der Waals surface area contributed by atoms with Gasteiger partial charge in [0.2, 0.25) is 10.0 Å². The Morgan fingerprint density at radius 1 is 1.00 bits per heavy atom. The molecule has 2 aromatic rings. The number of nitrogens with one attached hydrogen (secondary N) is 1. The number of rotatable bonds is 11. The Labute approximate surface area is 188 Å². The van der Waals surface area contributed by atoms with Crippen molar-refractivity contribution in [2.24, 2.45) is 0 Å². The number of carbonyl (C=O) groups excluding carboxylic acids is 2. The summed E-state index contributed by atoms with van der Waals surface area (Å²) < 4.78 is 44.5. The lowest BCUT2D eigenvalue weighted by Gasteiger charge is -2.18. The van der Waals surface area contributed by atoms with Crippen molar-refractivity contribution in [1.29, 1.82) is 0 Å². The van der Waals surface area contributed by atoms with Crippen LogP contribution in [0.5, 0.6) is 0 Å². The topological polar surface area (TPSA) is 92.8 Å². The minimum absolute atomic E-state index is 0.0533. The Morgan fingerprint density at radius 3 is 2.12 bits per heavy atom. The van der Waals surface area contributed by atoms with E-state index < -0.39 is 28.0 Å². The summed E-state index contributed by atoms with van der Waals surface area (Å²) in [7, 11) is -3.52. The third-order valence-electron chi connectivity index (χ3n) is 4.94. The van der Waals surface area contributed by atoms with Crippen LogP contribution in [0.25, 0.3) is 0 Å². The van der Waals surface area contributed by atoms with Gasteiger partial charge in [0.1, 0.15) is 5.82 Å². The standard InChI is InChI=1S/C23H29FN2O5S/c1-4-26(5-2)32(29,30)21-13-8-18(9-14-21)10-15-22(27)31-17(3)23(28)25-16-19-6-11-20(24)12-7-19/h6-9,11-14,17H,4-5,10,15-16H2,1-3H3,(H,25,28). The van der Waals surface area contributed by atoms with Gasteiger partial charge in [0.25, 0.3) is 5.91 Å². The fourth-order valence-corrected chi connectivity index (χ4v) is 4.49. The quantitative estimate of drug-likeness (QED) is 0.516. The van der Waals surface area contributed by atoms with Gasteiger partial charge in [-0.1, -0.05) is 38.1 Å². The molecule has 1 atom stereocenters. The average Bonchev–Trinajstić information content (AvgIpc) is 2.78. The number of nitrogens with zero attached hydrogens (tertiary/aromatic N) is 1. The molecule has 0 aromatic heterocycles. The van der Waals surface area contributed by atoms with Crippen molar-refractivity contribution in [2.75, 3.05) is 13.1 Å². The largest absolute Gasteiger partial charge is 0.453 e. The van der Waals surface area contributed by atoms with Gasteiger partial charge in [0.15, 0.2) is 6.10 Å². The highest BCUT2D eigenvalue weighted by molar-refractivity contribution is 7.89. The summed E-state index contributed by atoms with van der Waals surface area (Å²) in [5.41, 5.74) is 1.51. The van der Waals surface area contributed by atoms with Gasteiger partial charge in [0, 0.05) is 26.1 Å². The van der Waals surface area contributed by atoms with Gasteiger partial charge >= 0.3 is 5.97 Å². The van der Waals surface area contributed by atoms with E-state index in [1.807, 2.05) is 0 Å². The van der Waals surface area contributed by atoms with Crippen LogP contribution in [-0.2, 0) is 37.3 Å². The van der Waals surface area contributed by atoms with E-state index in [4.69, 9.17) is 4.74 Å². The highest BCUT2D eigenvalue weighted by atomic mass is 32.2. The molecule has 0 heterocycles. The minimum atomic E-state index is -3.52. The summed E-state index contributed by atoms with van der Waals surface area (Å²) >= 11 is 0. The van der Waals surface area contributed by atoms with Crippen molar-refractivity contribution in [3.63, 3.8) is 0 Å². The number of aryl methyl sites for hydroxylation is 1. The first-order valence-electron chi connectivity index (χ1n) is 10.5. The van der Waals surface area contributed by atoms with Crippen LogP contribution in [0.4, 0.5) is 4.39 Å². The van der Waals surface area contributed by atoms with Crippen LogP contribution in [0.3, 0.4) is 0 Å². The van der Waals surface area contributed by atoms with Crippen molar-refractivity contribution >= 4 is 21.9 Å². The molecule has 0 radical (unpaired) electrons. The molecule has 0 spiro atoms. The number of amides is 1. The highest BCUT2D eigenvalue weighted by Crippen LogP contribution is 2.17. The smallest absolute Gasteiger partial charge is 0.306 e. The molecule has 1 N–H and O–H groups in total. The van der Waals surface area contributed by atoms with Crippen molar-refractivity contribution in [3.8, 4) is 0 Å². The third kappa shape index (κ3) is 7.13. The SMILES string of the molecule is CCN(CC)S(=O)(=O)c1ccc(CCC(=O)OC(C)C(=O)NCc2ccc(F)cc2)cc1. The highest BCUT2D eigenvalue weighted by Gasteiger charge is 2.21. The molecular weight excluding hydrogens is 435 g/mol. The molecular formula is C23H29FN2O5S. The van der Waals surface area contributed by atoms with Crippen LogP contribution in [0.15, 0.2) is 53.4 Å². The first-order chi connectivity index (χ1) is 15.2. The molecule has 2 rings (SSSR count). The van der Waals surface area contributed by atoms with Crippen LogP contribution in [0, 0.1) is 5.82 Å². The number of hydrogen-bond donors (Lipinski definition) is 1. The summed E-state index contributed by atoms with van der Waals surface area (Å²) in [6.07, 6.45) is -0.559. The molecule has 0 aliphatic carbocycles. The number of halogens is 1. The molecule has 0 aliphatic heterocycles. The van der Waals surface area contributed by atoms with Gasteiger partial charge in [-0.15, -0.1) is 0 Å². The summed E-state index contributed by atoms with van der Waals surface area (Å²) in [4.78, 5) is 24.4. The maximum atomic E-state index is 12.9. The van der Waals surface area contributed by atoms with E-state index in [0.717, 1.165) is 11.1 Å². The lowest BCUT2D eigenvalue weighted by atomic mass is 10.1. The van der Waals surface area contributed by atoms with E-state index in [9.17, 15) is 22.4 Å². The fraction of sp³-hybridized carbons (Fsp3) is 0.391. The first-order valence-corrected chi connectivity index (χ1v) is 11.9. The monoisotopic (exact) mass is 464 g/mol. The van der Waals surface area contributed by atoms with Crippen molar-refractivity contribution in [1.82, 2.24) is 9.62 Å². The van der Waals surface area contributed by atoms with E-state index in [1.165, 1.54) is 35.5 Å². The number of sulfonamides is 1. The Morgan fingerprint density at radius 2 is 1.56 bits per heavy atom. The third-order valence-corrected chi connectivity index (χ3v) is 7.01. The van der Waals surface area contributed by atoms with Crippen molar-refractivity contribution < 1.29 is 27.1 Å². The Balaban J connectivity index is 1.81. The molecule has 0 saturated carbocycles. The molecule has 2 aromatic carbocycles. The second-order valence-corrected chi connectivity index (χ2v) is 9.15. The average molecular weight is 465 g/mol. The maximum absolute atomic E-state index is 12.9. The number of carbonyl (C=O) groups is 2. The normalized spacial score (nSPS) is 12.4. The van der Waals surface area contributed by atoms with Crippen LogP contribution in [0.1, 0.15) is 38.3 Å². The molecule has 0 bridgehead atoms. The molecule has 1 amide bonds. The lowest BCUT2D eigenvalue weighted by molar-refractivity contribution is -0.154. The molecule has 9 heteroatoms. The molecule has 7 nitrogen and oxygen atoms in total. The number of ether oxygens (including phenoxy) is 1. The molecule has 0 fully saturated rings. The van der Waals surface area contributed by atoms with Gasteiger partial charge in [-0.25, -0.2) is 12.8 Å². The van der Waals surface area contributed by atoms with E-state index in [2.05, 4.69) is 5.32 Å². The predicted molar refractivity (Wildman–Crippen MR) is 119 cm³/mol. The van der Waals surface area contributed by atoms with Gasteiger partial charge in [0.05, 0.1) is 4.90 Å². The second kappa shape index (κ2) is 11.7. The van der Waals surface area contributed by atoms with Gasteiger partial charge in [-0.2, -0.15) is 4.31 Å². The van der Waals surface area contributed by atoms with Crippen molar-refractivity contribution in [3.05, 3.63) is 65.5 Å². The second-order valence-electron chi connectivity index (χ2n) is 7.21. The molecule has 32 heavy (non-hydrogen) atoms. The number of hydrogen-bond acceptors (Lipinski definition) is 5. The fourth-order valence-electron chi connectivity index (χ4n) is 3.03. The molecule has 0 aliphatic rings. The zero-order valence-electron chi connectivity index (χ0n) is 18.5. The lowest BCUT2D eigenvalue weighted by Crippen LogP contribution is -2.35. The van der Waals surface area contributed by atoms with Gasteiger partial charge < -0.3 is 10.1 Å². The first kappa shape index (κ1) is 25.5. The molecule has 174 valence electrons. The number of benzene rings is 2. The Bertz CT molecular complexity index is 1000. The Hall–Kier alpha value is -2.78. The predicted octanol–water partition coefficient (Wildman–Crippen LogP) is 3.04. The molecule has 1 unspecified atom stereocenters. The Kier molecular flexibility index (Phi) is 9.34. The van der Waals surface area contributed by atoms with Crippen LogP contribution < -0.4 is 5.32 Å². The zero-order chi connectivity index (χ0) is 23.7. The van der Waals surface area contributed by atoms with E-state index in [1.54, 1.807) is 38.1 Å². The van der Waals surface area contributed by atoms with E-state index in [-0.39, 0.29) is 23.7 Å². The van der Waals surface area contributed by atoms with Gasteiger partial charge in [-0.3, -0.25) is 9.59 Å². The van der Waals surface area contributed by atoms with Crippen molar-refractivity contribution in [2.45, 2.75) is 51.2 Å². The minimum Gasteiger partial charge on any atom is -0.453 e. The summed E-state index contributed by atoms with van der Waals surface area (Å²) in [6.45, 7) is 6.02. The van der Waals surface area contributed by atoms with E-state index >= 15 is 0 Å². The van der Waals surface area contributed by atoms with E-state index in [0.29, 0.717) is 19.5 Å². The summed E-state index contributed by atoms with van der Waals surface area (Å²) in [5, 5.41) is 2.64. The zero-order valence-corrected chi connectivity index (χ0v) is 19.3. The summed E-state index contributed by atoms with van der Waals surface area (Å²) in [5.74, 6) is -1.34. The van der Waals surface area contributed by atoms with Crippen LogP contribution in [0.2, 0.25) is 0 Å². The van der Waals surface area contributed by atoms with Gasteiger partial charge in [-0.05, 0) is 48.7 Å². The summed E-state index contributed by atoms with van der Waals surface area (Å²) in [6, 6.07) is 12.1. The number of esters is 1. The maximum Gasteiger partial charge on any atom is 0.306 e.